The molecule has 0 spiro atoms. The summed E-state index contributed by atoms with van der Waals surface area (Å²) in [5, 5.41) is 3.06. The van der Waals surface area contributed by atoms with Gasteiger partial charge in [0.15, 0.2) is 0 Å². The molecule has 0 aliphatic carbocycles. The lowest BCUT2D eigenvalue weighted by Gasteiger charge is -2.22. The van der Waals surface area contributed by atoms with Crippen molar-refractivity contribution in [2.45, 2.75) is 19.6 Å². The van der Waals surface area contributed by atoms with Gasteiger partial charge in [-0.2, -0.15) is 0 Å². The van der Waals surface area contributed by atoms with Crippen LogP contribution < -0.4 is 5.32 Å². The Kier molecular flexibility index (Phi) is 1.85. The van der Waals surface area contributed by atoms with Crippen LogP contribution in [0.2, 0.25) is 0 Å². The second-order valence-corrected chi connectivity index (χ2v) is 3.24. The number of fused-ring (bicyclic) bond motifs is 1. The summed E-state index contributed by atoms with van der Waals surface area (Å²) in [6.45, 7) is 3.29. The topological polar surface area (TPSA) is 12.0 Å². The van der Waals surface area contributed by atoms with E-state index in [9.17, 15) is 4.39 Å². The van der Waals surface area contributed by atoms with E-state index in [4.69, 9.17) is 0 Å². The predicted molar refractivity (Wildman–Crippen MR) is 46.7 cm³/mol. The quantitative estimate of drug-likeness (QED) is 0.620. The number of nitrogens with one attached hydrogen (secondary N) is 1. The van der Waals surface area contributed by atoms with Gasteiger partial charge in [0.25, 0.3) is 0 Å². The van der Waals surface area contributed by atoms with Crippen molar-refractivity contribution in [1.29, 1.82) is 0 Å². The zero-order valence-corrected chi connectivity index (χ0v) is 7.10. The Morgan fingerprint density at radius 3 is 3.08 bits per heavy atom. The third kappa shape index (κ3) is 1.12. The SMILES string of the molecule is Cc1cccc2c1CNC[C@@H]2F. The summed E-state index contributed by atoms with van der Waals surface area (Å²) >= 11 is 0. The monoisotopic (exact) mass is 165 g/mol. The molecule has 1 N–H and O–H groups in total. The zero-order valence-electron chi connectivity index (χ0n) is 7.10. The highest BCUT2D eigenvalue weighted by atomic mass is 19.1. The van der Waals surface area contributed by atoms with Crippen molar-refractivity contribution in [1.82, 2.24) is 5.32 Å². The number of alkyl halides is 1. The van der Waals surface area contributed by atoms with E-state index >= 15 is 0 Å². The molecule has 0 amide bonds. The lowest BCUT2D eigenvalue weighted by Crippen LogP contribution is -2.26. The standard InChI is InChI=1S/C10H12FN/c1-7-3-2-4-8-9(7)5-12-6-10(8)11/h2-4,10,12H,5-6H2,1H3/t10-/m0/s1. The zero-order chi connectivity index (χ0) is 8.55. The number of hydrogen-bond donors (Lipinski definition) is 1. The highest BCUT2D eigenvalue weighted by Gasteiger charge is 2.19. The van der Waals surface area contributed by atoms with E-state index < -0.39 is 6.17 Å². The lowest BCUT2D eigenvalue weighted by molar-refractivity contribution is 0.310. The first kappa shape index (κ1) is 7.74. The molecule has 1 nitrogen and oxygen atoms in total. The Hall–Kier alpha value is -0.890. The summed E-state index contributed by atoms with van der Waals surface area (Å²) < 4.78 is 13.3. The summed E-state index contributed by atoms with van der Waals surface area (Å²) in [5.74, 6) is 0. The van der Waals surface area contributed by atoms with Crippen LogP contribution in [0.1, 0.15) is 22.9 Å². The van der Waals surface area contributed by atoms with Crippen LogP contribution in [0.15, 0.2) is 18.2 Å². The molecular weight excluding hydrogens is 153 g/mol. The van der Waals surface area contributed by atoms with E-state index in [1.807, 2.05) is 25.1 Å². The van der Waals surface area contributed by atoms with Crippen LogP contribution in [-0.2, 0) is 6.54 Å². The maximum absolute atomic E-state index is 13.3. The fourth-order valence-electron chi connectivity index (χ4n) is 1.69. The molecule has 0 unspecified atom stereocenters. The number of rotatable bonds is 0. The highest BCUT2D eigenvalue weighted by Crippen LogP contribution is 2.26. The van der Waals surface area contributed by atoms with Crippen LogP contribution in [0.25, 0.3) is 0 Å². The van der Waals surface area contributed by atoms with Crippen molar-refractivity contribution in [3.8, 4) is 0 Å². The number of hydrogen-bond acceptors (Lipinski definition) is 1. The molecule has 0 radical (unpaired) electrons. The van der Waals surface area contributed by atoms with E-state index in [2.05, 4.69) is 5.32 Å². The predicted octanol–water partition coefficient (Wildman–Crippen LogP) is 2.11. The van der Waals surface area contributed by atoms with E-state index in [0.29, 0.717) is 6.54 Å². The summed E-state index contributed by atoms with van der Waals surface area (Å²) in [7, 11) is 0. The van der Waals surface area contributed by atoms with Crippen LogP contribution in [0.5, 0.6) is 0 Å². The van der Waals surface area contributed by atoms with Gasteiger partial charge in [0.05, 0.1) is 0 Å². The first-order valence-electron chi connectivity index (χ1n) is 4.22. The molecule has 1 atom stereocenters. The summed E-state index contributed by atoms with van der Waals surface area (Å²) in [6.07, 6.45) is -0.825. The van der Waals surface area contributed by atoms with Gasteiger partial charge in [0, 0.05) is 13.1 Å². The Morgan fingerprint density at radius 1 is 1.50 bits per heavy atom. The second kappa shape index (κ2) is 2.87. The van der Waals surface area contributed by atoms with E-state index in [1.165, 1.54) is 5.56 Å². The third-order valence-corrected chi connectivity index (χ3v) is 2.41. The first-order valence-corrected chi connectivity index (χ1v) is 4.22. The minimum atomic E-state index is -0.825. The number of aryl methyl sites for hydroxylation is 1. The van der Waals surface area contributed by atoms with Gasteiger partial charge in [-0.15, -0.1) is 0 Å². The molecule has 0 bridgehead atoms. The Balaban J connectivity index is 2.52. The molecule has 1 aliphatic rings. The molecule has 2 heteroatoms. The van der Waals surface area contributed by atoms with E-state index in [1.54, 1.807) is 0 Å². The fraction of sp³-hybridized carbons (Fsp3) is 0.400. The van der Waals surface area contributed by atoms with Crippen molar-refractivity contribution in [3.63, 3.8) is 0 Å². The average molecular weight is 165 g/mol. The van der Waals surface area contributed by atoms with Gasteiger partial charge in [-0.3, -0.25) is 0 Å². The van der Waals surface area contributed by atoms with Crippen LogP contribution in [0.3, 0.4) is 0 Å². The normalized spacial score (nSPS) is 22.0. The Morgan fingerprint density at radius 2 is 2.33 bits per heavy atom. The molecule has 0 saturated heterocycles. The molecule has 2 rings (SSSR count). The lowest BCUT2D eigenvalue weighted by atomic mass is 9.96. The largest absolute Gasteiger partial charge is 0.309 e. The Labute approximate surface area is 71.6 Å². The van der Waals surface area contributed by atoms with Crippen molar-refractivity contribution < 1.29 is 4.39 Å². The van der Waals surface area contributed by atoms with Crippen molar-refractivity contribution in [2.75, 3.05) is 6.54 Å². The highest BCUT2D eigenvalue weighted by molar-refractivity contribution is 5.37. The minimum absolute atomic E-state index is 0.455. The van der Waals surface area contributed by atoms with Gasteiger partial charge in [0.1, 0.15) is 6.17 Å². The maximum atomic E-state index is 13.3. The molecular formula is C10H12FN. The first-order chi connectivity index (χ1) is 5.79. The van der Waals surface area contributed by atoms with Gasteiger partial charge in [-0.05, 0) is 23.6 Å². The van der Waals surface area contributed by atoms with Crippen LogP contribution in [-0.4, -0.2) is 6.54 Å². The molecule has 0 saturated carbocycles. The van der Waals surface area contributed by atoms with Crippen molar-refractivity contribution >= 4 is 0 Å². The summed E-state index contributed by atoms with van der Waals surface area (Å²) in [4.78, 5) is 0. The summed E-state index contributed by atoms with van der Waals surface area (Å²) in [6, 6.07) is 5.83. The maximum Gasteiger partial charge on any atom is 0.138 e. The molecule has 1 heterocycles. The fourth-order valence-corrected chi connectivity index (χ4v) is 1.69. The van der Waals surface area contributed by atoms with Crippen LogP contribution >= 0.6 is 0 Å². The van der Waals surface area contributed by atoms with E-state index in [-0.39, 0.29) is 0 Å². The Bertz CT molecular complexity index is 296. The smallest absolute Gasteiger partial charge is 0.138 e. The average Bonchev–Trinajstić information content (AvgIpc) is 2.07. The van der Waals surface area contributed by atoms with Crippen LogP contribution in [0.4, 0.5) is 4.39 Å². The van der Waals surface area contributed by atoms with Crippen LogP contribution in [0, 0.1) is 6.92 Å². The molecule has 64 valence electrons. The van der Waals surface area contributed by atoms with Crippen molar-refractivity contribution in [3.05, 3.63) is 34.9 Å². The van der Waals surface area contributed by atoms with Gasteiger partial charge in [-0.1, -0.05) is 18.2 Å². The third-order valence-electron chi connectivity index (χ3n) is 2.41. The molecule has 12 heavy (non-hydrogen) atoms. The molecule has 1 aliphatic heterocycles. The number of halogens is 1. The number of benzene rings is 1. The minimum Gasteiger partial charge on any atom is -0.309 e. The second-order valence-electron chi connectivity index (χ2n) is 3.24. The van der Waals surface area contributed by atoms with E-state index in [0.717, 1.165) is 17.7 Å². The molecule has 1 aromatic rings. The van der Waals surface area contributed by atoms with Gasteiger partial charge in [0.2, 0.25) is 0 Å². The summed E-state index contributed by atoms with van der Waals surface area (Å²) in [5.41, 5.74) is 3.19. The van der Waals surface area contributed by atoms with Gasteiger partial charge in [-0.25, -0.2) is 4.39 Å². The molecule has 0 fully saturated rings. The molecule has 1 aromatic carbocycles. The van der Waals surface area contributed by atoms with Crippen molar-refractivity contribution in [2.24, 2.45) is 0 Å². The van der Waals surface area contributed by atoms with Gasteiger partial charge >= 0.3 is 0 Å². The molecule has 0 aromatic heterocycles. The van der Waals surface area contributed by atoms with Gasteiger partial charge < -0.3 is 5.32 Å².